The van der Waals surface area contributed by atoms with E-state index in [-0.39, 0.29) is 5.25 Å². The lowest BCUT2D eigenvalue weighted by atomic mass is 10.0. The molecule has 21 heavy (non-hydrogen) atoms. The molecule has 0 aromatic carbocycles. The summed E-state index contributed by atoms with van der Waals surface area (Å²) in [6, 6.07) is 0. The van der Waals surface area contributed by atoms with E-state index in [1.54, 1.807) is 6.26 Å². The molecular formula is C16H35NO3S. The Morgan fingerprint density at radius 1 is 1.24 bits per heavy atom. The van der Waals surface area contributed by atoms with Gasteiger partial charge in [0.15, 0.2) is 0 Å². The number of ether oxygens (including phenoxy) is 1. The van der Waals surface area contributed by atoms with E-state index in [4.69, 9.17) is 4.74 Å². The Morgan fingerprint density at radius 3 is 2.52 bits per heavy atom. The molecule has 0 rings (SSSR count). The average molecular weight is 322 g/mol. The van der Waals surface area contributed by atoms with E-state index in [2.05, 4.69) is 19.2 Å². The monoisotopic (exact) mass is 321 g/mol. The SMILES string of the molecule is CCCCC(CC)COCC(O)CNCCC(C)S(C)=O. The third-order valence-electron chi connectivity index (χ3n) is 3.88. The first kappa shape index (κ1) is 21.0. The molecule has 0 amide bonds. The van der Waals surface area contributed by atoms with Crippen molar-refractivity contribution in [2.45, 2.75) is 64.2 Å². The van der Waals surface area contributed by atoms with Gasteiger partial charge < -0.3 is 15.2 Å². The summed E-state index contributed by atoms with van der Waals surface area (Å²) in [7, 11) is -0.766. The number of unbranched alkanes of at least 4 members (excludes halogenated alkanes) is 1. The Bertz CT molecular complexity index is 264. The number of hydrogen-bond acceptors (Lipinski definition) is 4. The van der Waals surface area contributed by atoms with Gasteiger partial charge in [0.1, 0.15) is 0 Å². The van der Waals surface area contributed by atoms with Crippen LogP contribution >= 0.6 is 0 Å². The predicted molar refractivity (Wildman–Crippen MR) is 91.1 cm³/mol. The van der Waals surface area contributed by atoms with Crippen LogP contribution in [0.1, 0.15) is 52.9 Å². The molecule has 5 heteroatoms. The lowest BCUT2D eigenvalue weighted by molar-refractivity contribution is 0.0194. The van der Waals surface area contributed by atoms with Crippen LogP contribution in [-0.2, 0) is 15.5 Å². The molecule has 0 aromatic rings. The van der Waals surface area contributed by atoms with Gasteiger partial charge in [-0.3, -0.25) is 4.21 Å². The molecule has 0 aliphatic rings. The molecule has 0 saturated heterocycles. The highest BCUT2D eigenvalue weighted by molar-refractivity contribution is 7.84. The van der Waals surface area contributed by atoms with Crippen LogP contribution in [0.25, 0.3) is 0 Å². The molecular weight excluding hydrogens is 286 g/mol. The van der Waals surface area contributed by atoms with Gasteiger partial charge in [0.25, 0.3) is 0 Å². The highest BCUT2D eigenvalue weighted by atomic mass is 32.2. The molecule has 0 saturated carbocycles. The largest absolute Gasteiger partial charge is 0.389 e. The van der Waals surface area contributed by atoms with Crippen molar-refractivity contribution < 1.29 is 14.1 Å². The fourth-order valence-corrected chi connectivity index (χ4v) is 2.52. The van der Waals surface area contributed by atoms with E-state index in [1.807, 2.05) is 6.92 Å². The van der Waals surface area contributed by atoms with Gasteiger partial charge in [-0.05, 0) is 25.3 Å². The van der Waals surface area contributed by atoms with Gasteiger partial charge in [-0.25, -0.2) is 0 Å². The first-order chi connectivity index (χ1) is 10.0. The Labute approximate surface area is 133 Å². The van der Waals surface area contributed by atoms with E-state index >= 15 is 0 Å². The zero-order valence-corrected chi connectivity index (χ0v) is 15.1. The van der Waals surface area contributed by atoms with Gasteiger partial charge in [0.05, 0.1) is 12.7 Å². The maximum atomic E-state index is 11.2. The zero-order valence-electron chi connectivity index (χ0n) is 14.3. The summed E-state index contributed by atoms with van der Waals surface area (Å²) in [4.78, 5) is 0. The topological polar surface area (TPSA) is 58.6 Å². The van der Waals surface area contributed by atoms with Crippen LogP contribution in [-0.4, -0.2) is 53.2 Å². The van der Waals surface area contributed by atoms with Crippen molar-refractivity contribution in [3.8, 4) is 0 Å². The number of hydrogen-bond donors (Lipinski definition) is 2. The van der Waals surface area contributed by atoms with Crippen molar-refractivity contribution in [2.24, 2.45) is 5.92 Å². The van der Waals surface area contributed by atoms with E-state index in [0.29, 0.717) is 19.1 Å². The molecule has 0 fully saturated rings. The Morgan fingerprint density at radius 2 is 1.95 bits per heavy atom. The molecule has 4 unspecified atom stereocenters. The molecule has 0 bridgehead atoms. The standard InChI is InChI=1S/C16H35NO3S/c1-5-7-8-15(6-2)12-20-13-16(18)11-17-10-9-14(3)21(4)19/h14-18H,5-13H2,1-4H3. The van der Waals surface area contributed by atoms with Crippen LogP contribution in [0, 0.1) is 5.92 Å². The maximum Gasteiger partial charge on any atom is 0.0897 e. The minimum absolute atomic E-state index is 0.203. The lowest BCUT2D eigenvalue weighted by Crippen LogP contribution is -2.32. The molecule has 0 aliphatic carbocycles. The van der Waals surface area contributed by atoms with Crippen molar-refractivity contribution in [1.82, 2.24) is 5.32 Å². The molecule has 4 atom stereocenters. The van der Waals surface area contributed by atoms with Gasteiger partial charge in [-0.1, -0.05) is 40.0 Å². The zero-order chi connectivity index (χ0) is 16.1. The van der Waals surface area contributed by atoms with Gasteiger partial charge in [0.2, 0.25) is 0 Å². The quantitative estimate of drug-likeness (QED) is 0.482. The van der Waals surface area contributed by atoms with Crippen LogP contribution in [0.2, 0.25) is 0 Å². The van der Waals surface area contributed by atoms with E-state index in [0.717, 1.165) is 26.0 Å². The number of nitrogens with one attached hydrogen (secondary N) is 1. The molecule has 0 heterocycles. The summed E-state index contributed by atoms with van der Waals surface area (Å²) in [5.74, 6) is 0.616. The van der Waals surface area contributed by atoms with Crippen LogP contribution in [0.15, 0.2) is 0 Å². The second-order valence-corrected chi connectivity index (χ2v) is 7.71. The smallest absolute Gasteiger partial charge is 0.0897 e. The minimum atomic E-state index is -0.766. The highest BCUT2D eigenvalue weighted by Gasteiger charge is 2.09. The second kappa shape index (κ2) is 13.7. The minimum Gasteiger partial charge on any atom is -0.389 e. The second-order valence-electron chi connectivity index (χ2n) is 5.91. The van der Waals surface area contributed by atoms with Gasteiger partial charge in [-0.15, -0.1) is 0 Å². The molecule has 0 radical (unpaired) electrons. The van der Waals surface area contributed by atoms with Crippen molar-refractivity contribution in [3.05, 3.63) is 0 Å². The van der Waals surface area contributed by atoms with Crippen LogP contribution in [0.3, 0.4) is 0 Å². The Hall–Kier alpha value is 0.0300. The maximum absolute atomic E-state index is 11.2. The molecule has 0 aromatic heterocycles. The summed E-state index contributed by atoms with van der Waals surface area (Å²) >= 11 is 0. The van der Waals surface area contributed by atoms with Gasteiger partial charge in [-0.2, -0.15) is 0 Å². The van der Waals surface area contributed by atoms with E-state index in [9.17, 15) is 9.32 Å². The molecule has 128 valence electrons. The van der Waals surface area contributed by atoms with Crippen LogP contribution in [0.5, 0.6) is 0 Å². The van der Waals surface area contributed by atoms with E-state index < -0.39 is 16.9 Å². The summed E-state index contributed by atoms with van der Waals surface area (Å²) in [6.45, 7) is 8.85. The van der Waals surface area contributed by atoms with Crippen molar-refractivity contribution in [2.75, 3.05) is 32.6 Å². The average Bonchev–Trinajstić information content (AvgIpc) is 2.46. The first-order valence-electron chi connectivity index (χ1n) is 8.29. The van der Waals surface area contributed by atoms with Crippen LogP contribution in [0.4, 0.5) is 0 Å². The summed E-state index contributed by atoms with van der Waals surface area (Å²) in [5, 5.41) is 13.2. The normalized spacial score (nSPS) is 17.4. The molecule has 2 N–H and O–H groups in total. The number of rotatable bonds is 14. The molecule has 4 nitrogen and oxygen atoms in total. The molecule has 0 spiro atoms. The van der Waals surface area contributed by atoms with Crippen molar-refractivity contribution >= 4 is 10.8 Å². The summed E-state index contributed by atoms with van der Waals surface area (Å²) in [5.41, 5.74) is 0. The highest BCUT2D eigenvalue weighted by Crippen LogP contribution is 2.12. The number of aliphatic hydroxyl groups is 1. The lowest BCUT2D eigenvalue weighted by Gasteiger charge is -2.17. The fraction of sp³-hybridized carbons (Fsp3) is 1.00. The molecule has 0 aliphatic heterocycles. The Kier molecular flexibility index (Phi) is 13.7. The third-order valence-corrected chi connectivity index (χ3v) is 5.25. The predicted octanol–water partition coefficient (Wildman–Crippen LogP) is 2.33. The summed E-state index contributed by atoms with van der Waals surface area (Å²) in [6.07, 6.45) is 6.97. The van der Waals surface area contributed by atoms with Crippen molar-refractivity contribution in [1.29, 1.82) is 0 Å². The Balaban J connectivity index is 3.57. The van der Waals surface area contributed by atoms with E-state index in [1.165, 1.54) is 19.3 Å². The van der Waals surface area contributed by atoms with Crippen LogP contribution < -0.4 is 5.32 Å². The van der Waals surface area contributed by atoms with Gasteiger partial charge >= 0.3 is 0 Å². The summed E-state index contributed by atoms with van der Waals surface area (Å²) < 4.78 is 16.8. The van der Waals surface area contributed by atoms with Gasteiger partial charge in [0, 0.05) is 35.5 Å². The third kappa shape index (κ3) is 12.3. The number of aliphatic hydroxyl groups excluding tert-OH is 1. The van der Waals surface area contributed by atoms with Crippen molar-refractivity contribution in [3.63, 3.8) is 0 Å². The fourth-order valence-electron chi connectivity index (χ4n) is 2.07. The first-order valence-corrected chi connectivity index (χ1v) is 9.92.